The van der Waals surface area contributed by atoms with Gasteiger partial charge in [0.1, 0.15) is 5.84 Å². The number of aliphatic imine (C=N–C) groups is 1. The van der Waals surface area contributed by atoms with Crippen LogP contribution in [0.3, 0.4) is 0 Å². The van der Waals surface area contributed by atoms with Gasteiger partial charge in [-0.1, -0.05) is 30.3 Å². The lowest BCUT2D eigenvalue weighted by atomic mass is 10.1. The molecule has 0 spiro atoms. The topological polar surface area (TPSA) is 35.8 Å². The maximum absolute atomic E-state index is 10.1. The molecule has 3 heteroatoms. The molecular formula is C13H18N2O. The van der Waals surface area contributed by atoms with Crippen molar-refractivity contribution in [1.29, 1.82) is 0 Å². The van der Waals surface area contributed by atoms with Crippen molar-refractivity contribution < 1.29 is 5.11 Å². The van der Waals surface area contributed by atoms with Crippen LogP contribution in [0.5, 0.6) is 0 Å². The summed E-state index contributed by atoms with van der Waals surface area (Å²) < 4.78 is 0. The average molecular weight is 218 g/mol. The zero-order valence-corrected chi connectivity index (χ0v) is 9.63. The fraction of sp³-hybridized carbons (Fsp3) is 0.462. The van der Waals surface area contributed by atoms with E-state index >= 15 is 0 Å². The van der Waals surface area contributed by atoms with Crippen molar-refractivity contribution in [3.63, 3.8) is 0 Å². The molecule has 0 radical (unpaired) electrons. The number of hydrogen-bond acceptors (Lipinski definition) is 3. The molecule has 1 atom stereocenters. The first-order valence-corrected chi connectivity index (χ1v) is 5.75. The molecule has 1 N–H and O–H groups in total. The summed E-state index contributed by atoms with van der Waals surface area (Å²) in [4.78, 5) is 6.59. The first-order chi connectivity index (χ1) is 7.77. The number of rotatable bonds is 3. The molecule has 0 saturated carbocycles. The number of hydrogen-bond donors (Lipinski definition) is 1. The molecule has 2 rings (SSSR count). The minimum absolute atomic E-state index is 0.444. The third kappa shape index (κ3) is 2.61. The highest BCUT2D eigenvalue weighted by molar-refractivity contribution is 5.83. The quantitative estimate of drug-likeness (QED) is 0.840. The molecule has 0 amide bonds. The zero-order chi connectivity index (χ0) is 11.4. The van der Waals surface area contributed by atoms with E-state index in [-0.39, 0.29) is 0 Å². The van der Waals surface area contributed by atoms with Gasteiger partial charge in [-0.05, 0) is 12.0 Å². The van der Waals surface area contributed by atoms with Crippen LogP contribution in [0.2, 0.25) is 0 Å². The van der Waals surface area contributed by atoms with E-state index in [1.807, 2.05) is 37.4 Å². The molecule has 1 aliphatic rings. The summed E-state index contributed by atoms with van der Waals surface area (Å²) in [5, 5.41) is 10.1. The van der Waals surface area contributed by atoms with Gasteiger partial charge in [-0.2, -0.15) is 0 Å². The van der Waals surface area contributed by atoms with Crippen molar-refractivity contribution in [2.24, 2.45) is 4.99 Å². The summed E-state index contributed by atoms with van der Waals surface area (Å²) in [7, 11) is 2.04. The summed E-state index contributed by atoms with van der Waals surface area (Å²) >= 11 is 0. The van der Waals surface area contributed by atoms with Crippen molar-refractivity contribution in [2.75, 3.05) is 20.1 Å². The molecule has 0 aromatic heterocycles. The van der Waals surface area contributed by atoms with Crippen LogP contribution in [0.25, 0.3) is 0 Å². The minimum atomic E-state index is -0.444. The number of aliphatic hydroxyl groups is 1. The van der Waals surface area contributed by atoms with E-state index in [1.54, 1.807) is 0 Å². The van der Waals surface area contributed by atoms with Crippen LogP contribution in [0.4, 0.5) is 0 Å². The number of aliphatic hydroxyl groups excluding tert-OH is 1. The molecule has 16 heavy (non-hydrogen) atoms. The molecule has 0 fully saturated rings. The normalized spacial score (nSPS) is 18.1. The van der Waals surface area contributed by atoms with Crippen LogP contribution < -0.4 is 0 Å². The van der Waals surface area contributed by atoms with Crippen LogP contribution in [-0.2, 0) is 0 Å². The summed E-state index contributed by atoms with van der Waals surface area (Å²) in [5.41, 5.74) is 0.962. The minimum Gasteiger partial charge on any atom is -0.388 e. The lowest BCUT2D eigenvalue weighted by molar-refractivity contribution is 0.181. The van der Waals surface area contributed by atoms with E-state index in [4.69, 9.17) is 0 Å². The molecule has 0 saturated heterocycles. The fourth-order valence-electron chi connectivity index (χ4n) is 1.95. The standard InChI is InChI=1S/C13H18N2O/c1-15-9-5-8-14-13(15)10-12(16)11-6-3-2-4-7-11/h2-4,6-7,12,16H,5,8-10H2,1H3. The molecule has 3 nitrogen and oxygen atoms in total. The second kappa shape index (κ2) is 5.12. The lowest BCUT2D eigenvalue weighted by Crippen LogP contribution is -2.33. The summed E-state index contributed by atoms with van der Waals surface area (Å²) in [6.45, 7) is 1.93. The smallest absolute Gasteiger partial charge is 0.102 e. The van der Waals surface area contributed by atoms with Gasteiger partial charge in [-0.25, -0.2) is 0 Å². The second-order valence-electron chi connectivity index (χ2n) is 4.20. The Bertz CT molecular complexity index is 361. The van der Waals surface area contributed by atoms with Crippen molar-refractivity contribution in [1.82, 2.24) is 4.90 Å². The molecule has 1 aliphatic heterocycles. The van der Waals surface area contributed by atoms with E-state index in [1.165, 1.54) is 0 Å². The number of benzene rings is 1. The highest BCUT2D eigenvalue weighted by Gasteiger charge is 2.16. The number of amidine groups is 1. The van der Waals surface area contributed by atoms with Crippen molar-refractivity contribution in [3.05, 3.63) is 35.9 Å². The Labute approximate surface area is 96.4 Å². The van der Waals surface area contributed by atoms with Crippen LogP contribution in [0.1, 0.15) is 24.5 Å². The molecule has 0 aliphatic carbocycles. The Hall–Kier alpha value is -1.35. The Kier molecular flexibility index (Phi) is 3.57. The highest BCUT2D eigenvalue weighted by atomic mass is 16.3. The first-order valence-electron chi connectivity index (χ1n) is 5.75. The first kappa shape index (κ1) is 11.1. The SMILES string of the molecule is CN1CCCN=C1CC(O)c1ccccc1. The van der Waals surface area contributed by atoms with Crippen LogP contribution >= 0.6 is 0 Å². The van der Waals surface area contributed by atoms with Crippen molar-refractivity contribution in [2.45, 2.75) is 18.9 Å². The van der Waals surface area contributed by atoms with E-state index in [0.717, 1.165) is 30.9 Å². The van der Waals surface area contributed by atoms with Gasteiger partial charge in [0, 0.05) is 26.6 Å². The average Bonchev–Trinajstić information content (AvgIpc) is 2.33. The van der Waals surface area contributed by atoms with Gasteiger partial charge in [0.05, 0.1) is 6.10 Å². The Morgan fingerprint density at radius 1 is 1.38 bits per heavy atom. The largest absolute Gasteiger partial charge is 0.388 e. The van der Waals surface area contributed by atoms with Gasteiger partial charge in [-0.3, -0.25) is 4.99 Å². The Morgan fingerprint density at radius 2 is 2.12 bits per heavy atom. The van der Waals surface area contributed by atoms with Crippen LogP contribution in [0.15, 0.2) is 35.3 Å². The lowest BCUT2D eigenvalue weighted by Gasteiger charge is -2.26. The summed E-state index contributed by atoms with van der Waals surface area (Å²) in [6, 6.07) is 9.76. The van der Waals surface area contributed by atoms with Crippen molar-refractivity contribution in [3.8, 4) is 0 Å². The molecule has 1 unspecified atom stereocenters. The van der Waals surface area contributed by atoms with Gasteiger partial charge < -0.3 is 10.0 Å². The number of nitrogens with zero attached hydrogens (tertiary/aromatic N) is 2. The Balaban J connectivity index is 2.02. The van der Waals surface area contributed by atoms with E-state index < -0.39 is 6.10 Å². The van der Waals surface area contributed by atoms with Gasteiger partial charge in [-0.15, -0.1) is 0 Å². The van der Waals surface area contributed by atoms with Gasteiger partial charge in [0.25, 0.3) is 0 Å². The maximum Gasteiger partial charge on any atom is 0.102 e. The third-order valence-electron chi connectivity index (χ3n) is 2.95. The molecule has 1 aromatic rings. The van der Waals surface area contributed by atoms with E-state index in [0.29, 0.717) is 6.42 Å². The fourth-order valence-corrected chi connectivity index (χ4v) is 1.95. The highest BCUT2D eigenvalue weighted by Crippen LogP contribution is 2.18. The van der Waals surface area contributed by atoms with Gasteiger partial charge in [0.2, 0.25) is 0 Å². The van der Waals surface area contributed by atoms with Crippen LogP contribution in [0, 0.1) is 0 Å². The van der Waals surface area contributed by atoms with E-state index in [9.17, 15) is 5.11 Å². The van der Waals surface area contributed by atoms with Crippen molar-refractivity contribution >= 4 is 5.84 Å². The predicted molar refractivity (Wildman–Crippen MR) is 65.6 cm³/mol. The molecule has 1 heterocycles. The van der Waals surface area contributed by atoms with Crippen LogP contribution in [-0.4, -0.2) is 36.0 Å². The third-order valence-corrected chi connectivity index (χ3v) is 2.95. The summed E-state index contributed by atoms with van der Waals surface area (Å²) in [6.07, 6.45) is 1.28. The Morgan fingerprint density at radius 3 is 2.81 bits per heavy atom. The summed E-state index contributed by atoms with van der Waals surface area (Å²) in [5.74, 6) is 1.02. The molecule has 86 valence electrons. The van der Waals surface area contributed by atoms with Gasteiger partial charge in [0.15, 0.2) is 0 Å². The molecule has 0 bridgehead atoms. The predicted octanol–water partition coefficient (Wildman–Crippen LogP) is 1.84. The molecule has 1 aromatic carbocycles. The second-order valence-corrected chi connectivity index (χ2v) is 4.20. The molecular weight excluding hydrogens is 200 g/mol. The zero-order valence-electron chi connectivity index (χ0n) is 9.63. The maximum atomic E-state index is 10.1. The van der Waals surface area contributed by atoms with E-state index in [2.05, 4.69) is 9.89 Å². The monoisotopic (exact) mass is 218 g/mol. The van der Waals surface area contributed by atoms with Gasteiger partial charge >= 0.3 is 0 Å².